The number of carbonyl (C=O) groups excluding carboxylic acids is 1. The topological polar surface area (TPSA) is 75.0 Å². The van der Waals surface area contributed by atoms with Crippen molar-refractivity contribution in [3.8, 4) is 11.8 Å². The number of pyridine rings is 1. The van der Waals surface area contributed by atoms with Crippen LogP contribution in [0.4, 0.5) is 14.5 Å². The van der Waals surface area contributed by atoms with Crippen LogP contribution < -0.4 is 10.1 Å². The number of aromatic nitrogens is 1. The maximum Gasteiger partial charge on any atom is 0.258 e. The molecule has 1 aromatic carbocycles. The third-order valence-corrected chi connectivity index (χ3v) is 2.51. The number of nitrogens with zero attached hydrogens (tertiary/aromatic N) is 2. The van der Waals surface area contributed by atoms with Crippen LogP contribution >= 0.6 is 0 Å². The van der Waals surface area contributed by atoms with Crippen LogP contribution in [0.2, 0.25) is 0 Å². The summed E-state index contributed by atoms with van der Waals surface area (Å²) in [5.41, 5.74) is -0.0618. The van der Waals surface area contributed by atoms with Gasteiger partial charge in [-0.15, -0.1) is 0 Å². The number of hydrogen-bond acceptors (Lipinski definition) is 4. The molecule has 2 aromatic rings. The van der Waals surface area contributed by atoms with Gasteiger partial charge in [0.15, 0.2) is 12.4 Å². The van der Waals surface area contributed by atoms with E-state index in [1.54, 1.807) is 0 Å². The summed E-state index contributed by atoms with van der Waals surface area (Å²) >= 11 is 0. The maximum absolute atomic E-state index is 13.4. The van der Waals surface area contributed by atoms with Crippen LogP contribution in [0.15, 0.2) is 36.5 Å². The molecule has 0 bridgehead atoms. The molecule has 0 saturated heterocycles. The van der Waals surface area contributed by atoms with E-state index < -0.39 is 23.2 Å². The van der Waals surface area contributed by atoms with Crippen LogP contribution in [0.25, 0.3) is 0 Å². The van der Waals surface area contributed by atoms with Gasteiger partial charge in [-0.05, 0) is 30.3 Å². The van der Waals surface area contributed by atoms with Crippen molar-refractivity contribution in [2.75, 3.05) is 11.9 Å². The monoisotopic (exact) mass is 289 g/mol. The molecule has 0 aliphatic carbocycles. The SMILES string of the molecule is N#CCOc1ccc(NC(=O)c2ccnc(F)c2F)cc1. The fourth-order valence-corrected chi connectivity index (χ4v) is 1.54. The molecule has 0 aliphatic heterocycles. The lowest BCUT2D eigenvalue weighted by Gasteiger charge is -2.07. The number of nitrogens with one attached hydrogen (secondary N) is 1. The summed E-state index contributed by atoms with van der Waals surface area (Å²) in [6.45, 7) is -0.0901. The number of ether oxygens (including phenoxy) is 1. The summed E-state index contributed by atoms with van der Waals surface area (Å²) < 4.78 is 31.4. The zero-order chi connectivity index (χ0) is 15.2. The highest BCUT2D eigenvalue weighted by Gasteiger charge is 2.16. The molecule has 0 spiro atoms. The van der Waals surface area contributed by atoms with Crippen molar-refractivity contribution >= 4 is 11.6 Å². The smallest absolute Gasteiger partial charge is 0.258 e. The Labute approximate surface area is 118 Å². The molecule has 1 N–H and O–H groups in total. The Morgan fingerprint density at radius 1 is 1.29 bits per heavy atom. The van der Waals surface area contributed by atoms with Gasteiger partial charge >= 0.3 is 0 Å². The Bertz CT molecular complexity index is 696. The Morgan fingerprint density at radius 2 is 2.00 bits per heavy atom. The van der Waals surface area contributed by atoms with E-state index in [0.717, 1.165) is 12.3 Å². The Kier molecular flexibility index (Phi) is 4.41. The van der Waals surface area contributed by atoms with Crippen LogP contribution in [0.5, 0.6) is 5.75 Å². The first-order valence-corrected chi connectivity index (χ1v) is 5.83. The molecular formula is C14H9F2N3O2. The minimum Gasteiger partial charge on any atom is -0.479 e. The van der Waals surface area contributed by atoms with Crippen molar-refractivity contribution in [1.29, 1.82) is 5.26 Å². The number of nitriles is 1. The molecule has 0 aliphatic rings. The van der Waals surface area contributed by atoms with E-state index in [-0.39, 0.29) is 6.61 Å². The highest BCUT2D eigenvalue weighted by molar-refractivity contribution is 6.04. The fourth-order valence-electron chi connectivity index (χ4n) is 1.54. The molecule has 1 heterocycles. The van der Waals surface area contributed by atoms with E-state index in [1.807, 2.05) is 6.07 Å². The molecule has 0 atom stereocenters. The Balaban J connectivity index is 2.09. The largest absolute Gasteiger partial charge is 0.479 e. The van der Waals surface area contributed by atoms with Crippen LogP contribution in [0, 0.1) is 23.1 Å². The van der Waals surface area contributed by atoms with E-state index in [4.69, 9.17) is 10.00 Å². The van der Waals surface area contributed by atoms with Gasteiger partial charge in [0.1, 0.15) is 11.8 Å². The van der Waals surface area contributed by atoms with E-state index >= 15 is 0 Å². The summed E-state index contributed by atoms with van der Waals surface area (Å²) in [6, 6.07) is 9.01. The Morgan fingerprint density at radius 3 is 2.67 bits per heavy atom. The Hall–Kier alpha value is -3.01. The van der Waals surface area contributed by atoms with Gasteiger partial charge in [0.05, 0.1) is 5.56 Å². The molecule has 2 rings (SSSR count). The summed E-state index contributed by atoms with van der Waals surface area (Å²) in [5, 5.41) is 10.8. The average molecular weight is 289 g/mol. The molecule has 0 saturated carbocycles. The van der Waals surface area contributed by atoms with Gasteiger partial charge in [0.2, 0.25) is 5.95 Å². The molecule has 5 nitrogen and oxygen atoms in total. The van der Waals surface area contributed by atoms with E-state index in [2.05, 4.69) is 10.3 Å². The molecule has 21 heavy (non-hydrogen) atoms. The molecule has 7 heteroatoms. The normalized spacial score (nSPS) is 9.76. The second-order valence-corrected chi connectivity index (χ2v) is 3.89. The van der Waals surface area contributed by atoms with Gasteiger partial charge in [0.25, 0.3) is 5.91 Å². The highest BCUT2D eigenvalue weighted by atomic mass is 19.2. The van der Waals surface area contributed by atoms with Crippen molar-refractivity contribution in [2.45, 2.75) is 0 Å². The van der Waals surface area contributed by atoms with Gasteiger partial charge in [-0.1, -0.05) is 0 Å². The third-order valence-electron chi connectivity index (χ3n) is 2.51. The van der Waals surface area contributed by atoms with Crippen LogP contribution in [0.3, 0.4) is 0 Å². The van der Waals surface area contributed by atoms with Gasteiger partial charge in [0, 0.05) is 11.9 Å². The zero-order valence-electron chi connectivity index (χ0n) is 10.6. The quantitative estimate of drug-likeness (QED) is 0.877. The second-order valence-electron chi connectivity index (χ2n) is 3.89. The lowest BCUT2D eigenvalue weighted by Crippen LogP contribution is -2.15. The molecule has 0 fully saturated rings. The summed E-state index contributed by atoms with van der Waals surface area (Å²) in [4.78, 5) is 14.9. The number of benzene rings is 1. The number of halogens is 2. The van der Waals surface area contributed by atoms with Crippen molar-refractivity contribution in [3.63, 3.8) is 0 Å². The molecule has 1 aromatic heterocycles. The highest BCUT2D eigenvalue weighted by Crippen LogP contribution is 2.17. The molecule has 1 amide bonds. The molecular weight excluding hydrogens is 280 g/mol. The van der Waals surface area contributed by atoms with Crippen molar-refractivity contribution in [1.82, 2.24) is 4.98 Å². The van der Waals surface area contributed by atoms with Gasteiger partial charge in [-0.3, -0.25) is 4.79 Å². The first-order chi connectivity index (χ1) is 10.1. The van der Waals surface area contributed by atoms with Crippen LogP contribution in [0.1, 0.15) is 10.4 Å². The van der Waals surface area contributed by atoms with Crippen LogP contribution in [-0.2, 0) is 0 Å². The van der Waals surface area contributed by atoms with Crippen LogP contribution in [-0.4, -0.2) is 17.5 Å². The van der Waals surface area contributed by atoms with Gasteiger partial charge < -0.3 is 10.1 Å². The third kappa shape index (κ3) is 3.51. The molecule has 0 radical (unpaired) electrons. The fraction of sp³-hybridized carbons (Fsp3) is 0.0714. The number of amides is 1. The zero-order valence-corrected chi connectivity index (χ0v) is 10.6. The van der Waals surface area contributed by atoms with E-state index in [0.29, 0.717) is 11.4 Å². The minimum atomic E-state index is -1.33. The minimum absolute atomic E-state index is 0.0901. The lowest BCUT2D eigenvalue weighted by molar-refractivity contribution is 0.102. The lowest BCUT2D eigenvalue weighted by atomic mass is 10.2. The first-order valence-electron chi connectivity index (χ1n) is 5.83. The van der Waals surface area contributed by atoms with Crippen molar-refractivity contribution in [2.24, 2.45) is 0 Å². The number of hydrogen-bond donors (Lipinski definition) is 1. The first kappa shape index (κ1) is 14.4. The summed E-state index contributed by atoms with van der Waals surface area (Å²) in [5.74, 6) is -2.97. The predicted molar refractivity (Wildman–Crippen MR) is 69.7 cm³/mol. The van der Waals surface area contributed by atoms with E-state index in [9.17, 15) is 13.6 Å². The number of rotatable bonds is 4. The van der Waals surface area contributed by atoms with Crippen molar-refractivity contribution < 1.29 is 18.3 Å². The van der Waals surface area contributed by atoms with Crippen molar-refractivity contribution in [3.05, 3.63) is 53.9 Å². The molecule has 106 valence electrons. The maximum atomic E-state index is 13.4. The standard InChI is InChI=1S/C14H9F2N3O2/c15-12-11(5-7-18-13(12)16)14(20)19-9-1-3-10(4-2-9)21-8-6-17/h1-5,7H,8H2,(H,19,20). The summed E-state index contributed by atoms with van der Waals surface area (Å²) in [6.07, 6.45) is 1.01. The number of anilines is 1. The second kappa shape index (κ2) is 6.43. The average Bonchev–Trinajstić information content (AvgIpc) is 2.49. The van der Waals surface area contributed by atoms with Gasteiger partial charge in [-0.25, -0.2) is 9.37 Å². The van der Waals surface area contributed by atoms with Gasteiger partial charge in [-0.2, -0.15) is 9.65 Å². The number of carbonyl (C=O) groups is 1. The van der Waals surface area contributed by atoms with E-state index in [1.165, 1.54) is 24.3 Å². The molecule has 0 unspecified atom stereocenters. The predicted octanol–water partition coefficient (Wildman–Crippen LogP) is 2.51. The summed E-state index contributed by atoms with van der Waals surface area (Å²) in [7, 11) is 0.